The van der Waals surface area contributed by atoms with E-state index in [0.29, 0.717) is 0 Å². The molecule has 1 aromatic carbocycles. The van der Waals surface area contributed by atoms with E-state index in [1.54, 1.807) is 6.07 Å². The van der Waals surface area contributed by atoms with Crippen molar-refractivity contribution in [3.05, 3.63) is 29.6 Å². The molecular formula is C16H23FN2. The van der Waals surface area contributed by atoms with E-state index in [1.807, 2.05) is 19.1 Å². The fourth-order valence-corrected chi connectivity index (χ4v) is 3.15. The molecule has 0 spiro atoms. The molecule has 2 nitrogen and oxygen atoms in total. The van der Waals surface area contributed by atoms with E-state index in [4.69, 9.17) is 0 Å². The average molecular weight is 262 g/mol. The monoisotopic (exact) mass is 262 g/mol. The predicted octanol–water partition coefficient (Wildman–Crippen LogP) is 3.06. The zero-order valence-corrected chi connectivity index (χ0v) is 11.7. The molecule has 104 valence electrons. The quantitative estimate of drug-likeness (QED) is 0.826. The van der Waals surface area contributed by atoms with Crippen LogP contribution in [-0.4, -0.2) is 37.6 Å². The van der Waals surface area contributed by atoms with Crippen LogP contribution < -0.4 is 4.90 Å². The van der Waals surface area contributed by atoms with E-state index in [1.165, 1.54) is 38.9 Å². The van der Waals surface area contributed by atoms with Crippen LogP contribution in [0, 0.1) is 18.7 Å². The van der Waals surface area contributed by atoms with Gasteiger partial charge < -0.3 is 9.80 Å². The summed E-state index contributed by atoms with van der Waals surface area (Å²) < 4.78 is 14.0. The third-order valence-corrected chi connectivity index (χ3v) is 4.52. The molecule has 0 aliphatic carbocycles. The Bertz CT molecular complexity index is 434. The van der Waals surface area contributed by atoms with Crippen molar-refractivity contribution in [2.45, 2.75) is 26.2 Å². The summed E-state index contributed by atoms with van der Waals surface area (Å²) in [5, 5.41) is 0. The van der Waals surface area contributed by atoms with Gasteiger partial charge in [0.2, 0.25) is 0 Å². The number of rotatable bonds is 3. The minimum Gasteiger partial charge on any atom is -0.369 e. The smallest absolute Gasteiger partial charge is 0.146 e. The number of piperidine rings is 1. The fraction of sp³-hybridized carbons (Fsp3) is 0.625. The van der Waals surface area contributed by atoms with Crippen molar-refractivity contribution < 1.29 is 4.39 Å². The first-order valence-corrected chi connectivity index (χ1v) is 7.46. The van der Waals surface area contributed by atoms with Gasteiger partial charge >= 0.3 is 0 Å². The highest BCUT2D eigenvalue weighted by Gasteiger charge is 2.24. The maximum Gasteiger partial charge on any atom is 0.146 e. The molecule has 0 bridgehead atoms. The summed E-state index contributed by atoms with van der Waals surface area (Å²) >= 11 is 0. The molecule has 0 aromatic heterocycles. The van der Waals surface area contributed by atoms with Gasteiger partial charge in [-0.05, 0) is 62.9 Å². The van der Waals surface area contributed by atoms with E-state index in [2.05, 4.69) is 9.80 Å². The lowest BCUT2D eigenvalue weighted by Crippen LogP contribution is -2.44. The normalized spacial score (nSPS) is 21.5. The second kappa shape index (κ2) is 5.49. The van der Waals surface area contributed by atoms with Crippen LogP contribution in [0.4, 0.5) is 10.1 Å². The number of aryl methyl sites for hydroxylation is 1. The van der Waals surface area contributed by atoms with Gasteiger partial charge in [-0.25, -0.2) is 4.39 Å². The van der Waals surface area contributed by atoms with Crippen LogP contribution in [0.2, 0.25) is 0 Å². The van der Waals surface area contributed by atoms with Crippen LogP contribution >= 0.6 is 0 Å². The molecule has 2 aliphatic rings. The van der Waals surface area contributed by atoms with Crippen molar-refractivity contribution in [1.29, 1.82) is 0 Å². The highest BCUT2D eigenvalue weighted by molar-refractivity contribution is 5.49. The average Bonchev–Trinajstić information content (AvgIpc) is 2.35. The molecule has 0 saturated carbocycles. The van der Waals surface area contributed by atoms with Gasteiger partial charge in [-0.1, -0.05) is 6.07 Å². The Hall–Kier alpha value is -1.09. The number of likely N-dealkylation sites (tertiary alicyclic amines) is 1. The van der Waals surface area contributed by atoms with Crippen molar-refractivity contribution in [3.8, 4) is 0 Å². The number of hydrogen-bond donors (Lipinski definition) is 0. The molecule has 2 fully saturated rings. The van der Waals surface area contributed by atoms with Gasteiger partial charge in [0.15, 0.2) is 0 Å². The molecule has 2 aliphatic heterocycles. The Labute approximate surface area is 115 Å². The summed E-state index contributed by atoms with van der Waals surface area (Å²) in [6.45, 7) is 7.76. The third kappa shape index (κ3) is 2.92. The highest BCUT2D eigenvalue weighted by Crippen LogP contribution is 2.27. The lowest BCUT2D eigenvalue weighted by molar-refractivity contribution is 0.141. The molecule has 3 rings (SSSR count). The Morgan fingerprint density at radius 1 is 1.16 bits per heavy atom. The van der Waals surface area contributed by atoms with E-state index < -0.39 is 0 Å². The Balaban J connectivity index is 1.56. The van der Waals surface area contributed by atoms with Crippen molar-refractivity contribution >= 4 is 5.69 Å². The molecular weight excluding hydrogens is 239 g/mol. The second-order valence-corrected chi connectivity index (χ2v) is 6.04. The first kappa shape index (κ1) is 12.9. The molecule has 3 heteroatoms. The molecule has 0 radical (unpaired) electrons. The standard InChI is InChI=1S/C16H23FN2/c1-13-3-4-16(15(17)11-13)19-9-5-14(6-10-19)12-18-7-2-8-18/h3-4,11,14H,2,5-10,12H2,1H3. The molecule has 0 atom stereocenters. The van der Waals surface area contributed by atoms with Gasteiger partial charge in [-0.15, -0.1) is 0 Å². The van der Waals surface area contributed by atoms with Crippen LogP contribution in [0.25, 0.3) is 0 Å². The Morgan fingerprint density at radius 2 is 1.89 bits per heavy atom. The molecule has 0 unspecified atom stereocenters. The number of anilines is 1. The van der Waals surface area contributed by atoms with Crippen LogP contribution in [0.1, 0.15) is 24.8 Å². The molecule has 1 aromatic rings. The number of benzene rings is 1. The first-order valence-electron chi connectivity index (χ1n) is 7.46. The summed E-state index contributed by atoms with van der Waals surface area (Å²) in [6, 6.07) is 5.58. The van der Waals surface area contributed by atoms with E-state index in [-0.39, 0.29) is 5.82 Å². The van der Waals surface area contributed by atoms with Crippen molar-refractivity contribution in [2.24, 2.45) is 5.92 Å². The van der Waals surface area contributed by atoms with Gasteiger partial charge in [0.05, 0.1) is 5.69 Å². The summed E-state index contributed by atoms with van der Waals surface area (Å²) in [5.74, 6) is 0.742. The zero-order valence-electron chi connectivity index (χ0n) is 11.7. The summed E-state index contributed by atoms with van der Waals surface area (Å²) in [4.78, 5) is 4.76. The molecule has 19 heavy (non-hydrogen) atoms. The van der Waals surface area contributed by atoms with Crippen LogP contribution in [0.3, 0.4) is 0 Å². The molecule has 0 N–H and O–H groups in total. The summed E-state index contributed by atoms with van der Waals surface area (Å²) in [6.07, 6.45) is 3.76. The van der Waals surface area contributed by atoms with Gasteiger partial charge in [-0.3, -0.25) is 0 Å². The minimum absolute atomic E-state index is 0.0683. The molecule has 2 saturated heterocycles. The van der Waals surface area contributed by atoms with E-state index in [0.717, 1.165) is 30.3 Å². The maximum absolute atomic E-state index is 14.0. The number of nitrogens with zero attached hydrogens (tertiary/aromatic N) is 2. The largest absolute Gasteiger partial charge is 0.369 e. The fourth-order valence-electron chi connectivity index (χ4n) is 3.15. The summed E-state index contributed by atoms with van der Waals surface area (Å²) in [5.41, 5.74) is 1.78. The predicted molar refractivity (Wildman–Crippen MR) is 77.1 cm³/mol. The SMILES string of the molecule is Cc1ccc(N2CCC(CN3CCC3)CC2)c(F)c1. The van der Waals surface area contributed by atoms with Crippen molar-refractivity contribution in [2.75, 3.05) is 37.6 Å². The van der Waals surface area contributed by atoms with Crippen LogP contribution in [0.15, 0.2) is 18.2 Å². The van der Waals surface area contributed by atoms with Gasteiger partial charge in [-0.2, -0.15) is 0 Å². The Kier molecular flexibility index (Phi) is 3.74. The van der Waals surface area contributed by atoms with Gasteiger partial charge in [0.1, 0.15) is 5.82 Å². The van der Waals surface area contributed by atoms with Crippen LogP contribution in [-0.2, 0) is 0 Å². The highest BCUT2D eigenvalue weighted by atomic mass is 19.1. The van der Waals surface area contributed by atoms with Crippen LogP contribution in [0.5, 0.6) is 0 Å². The molecule has 2 heterocycles. The zero-order chi connectivity index (χ0) is 13.2. The Morgan fingerprint density at radius 3 is 2.47 bits per heavy atom. The van der Waals surface area contributed by atoms with Gasteiger partial charge in [0, 0.05) is 19.6 Å². The second-order valence-electron chi connectivity index (χ2n) is 6.04. The molecule has 0 amide bonds. The number of halogens is 1. The van der Waals surface area contributed by atoms with Crippen molar-refractivity contribution in [3.63, 3.8) is 0 Å². The maximum atomic E-state index is 14.0. The first-order chi connectivity index (χ1) is 9.22. The lowest BCUT2D eigenvalue weighted by Gasteiger charge is -2.39. The lowest BCUT2D eigenvalue weighted by atomic mass is 9.94. The van der Waals surface area contributed by atoms with E-state index in [9.17, 15) is 4.39 Å². The minimum atomic E-state index is -0.0683. The third-order valence-electron chi connectivity index (χ3n) is 4.52. The van der Waals surface area contributed by atoms with E-state index >= 15 is 0 Å². The van der Waals surface area contributed by atoms with Gasteiger partial charge in [0.25, 0.3) is 0 Å². The summed E-state index contributed by atoms with van der Waals surface area (Å²) in [7, 11) is 0. The number of hydrogen-bond acceptors (Lipinski definition) is 2. The topological polar surface area (TPSA) is 6.48 Å². The van der Waals surface area contributed by atoms with Crippen molar-refractivity contribution in [1.82, 2.24) is 4.90 Å².